The molecule has 0 aromatic rings. The predicted molar refractivity (Wildman–Crippen MR) is 161 cm³/mol. The minimum Gasteiger partial charge on any atom is -0.463 e. The number of hydrogen-bond donors (Lipinski definition) is 1. The number of hydrogen-bond acceptors (Lipinski definition) is 9. The smallest absolute Gasteiger partial charge is 0.319 e. The number of cyclic esters (lactones) is 1. The molecule has 0 radical (unpaired) electrons. The second kappa shape index (κ2) is 14.6. The van der Waals surface area contributed by atoms with Crippen LogP contribution in [0.25, 0.3) is 0 Å². The number of carbonyl (C=O) groups excluding carboxylic acids is 2. The first-order valence-corrected chi connectivity index (χ1v) is 15.9. The molecule has 0 amide bonds. The van der Waals surface area contributed by atoms with Crippen molar-refractivity contribution >= 4 is 11.8 Å². The fourth-order valence-corrected chi connectivity index (χ4v) is 6.98. The Balaban J connectivity index is 1.84. The van der Waals surface area contributed by atoms with Crippen LogP contribution in [0, 0.1) is 17.3 Å². The van der Waals surface area contributed by atoms with E-state index in [9.17, 15) is 9.59 Å². The molecule has 0 aromatic carbocycles. The van der Waals surface area contributed by atoms with Crippen LogP contribution < -0.4 is 5.32 Å². The molecule has 0 aliphatic carbocycles. The number of carbonyl (C=O) groups is 2. The average molecular weight is 582 g/mol. The Morgan fingerprint density at radius 3 is 2.32 bits per heavy atom. The Labute approximate surface area is 249 Å². The van der Waals surface area contributed by atoms with Gasteiger partial charge in [-0.2, -0.15) is 0 Å². The molecule has 7 atom stereocenters. The normalized spacial score (nSPS) is 37.4. The number of rotatable bonds is 6. The highest BCUT2D eigenvalue weighted by Gasteiger charge is 2.49. The van der Waals surface area contributed by atoms with Gasteiger partial charge in [-0.3, -0.25) is 9.59 Å². The Morgan fingerprint density at radius 2 is 1.73 bits per heavy atom. The first-order valence-electron chi connectivity index (χ1n) is 15.9. The standard InChI is InChI=1S/C32H59N3O6/c1-21(2)35-16-12-24(13-17-35)26-20-39-30(37)31(5,6)28(36)23(4)29(32(7,38-10)14-11-15-33-26)41-27-19-25(34(8)9)18-22(3)40-27/h21-27,29,33H,11-20H2,1-10H3/t22-,23?,25+,26?,27+,29-,32-/m1/s1. The Hall–Kier alpha value is -1.10. The number of esters is 1. The molecule has 3 fully saturated rings. The van der Waals surface area contributed by atoms with Gasteiger partial charge in [0.2, 0.25) is 0 Å². The van der Waals surface area contributed by atoms with Crippen molar-refractivity contribution < 1.29 is 28.5 Å². The predicted octanol–water partition coefficient (Wildman–Crippen LogP) is 3.88. The SMILES string of the molecule is CO[C@]1(C)CCCNC(C2CCN(C(C)C)CC2)COC(=O)C(C)(C)C(=O)C(C)[C@H]1O[C@H]1C[C@@H](N(C)C)C[C@@H](C)O1. The summed E-state index contributed by atoms with van der Waals surface area (Å²) in [6.45, 7) is 16.9. The molecule has 3 heterocycles. The van der Waals surface area contributed by atoms with Crippen molar-refractivity contribution in [1.29, 1.82) is 0 Å². The van der Waals surface area contributed by atoms with E-state index in [1.165, 1.54) is 0 Å². The van der Waals surface area contributed by atoms with Crippen molar-refractivity contribution in [3.8, 4) is 0 Å². The summed E-state index contributed by atoms with van der Waals surface area (Å²) in [5.74, 6) is -0.863. The number of nitrogens with one attached hydrogen (secondary N) is 1. The van der Waals surface area contributed by atoms with E-state index in [0.29, 0.717) is 30.8 Å². The van der Waals surface area contributed by atoms with Crippen molar-refractivity contribution in [3.63, 3.8) is 0 Å². The van der Waals surface area contributed by atoms with Crippen molar-refractivity contribution in [2.24, 2.45) is 17.3 Å². The topological polar surface area (TPSA) is 89.6 Å². The molecule has 9 nitrogen and oxygen atoms in total. The quantitative estimate of drug-likeness (QED) is 0.371. The fourth-order valence-electron chi connectivity index (χ4n) is 6.98. The summed E-state index contributed by atoms with van der Waals surface area (Å²) < 4.78 is 25.0. The maximum Gasteiger partial charge on any atom is 0.319 e. The van der Waals surface area contributed by atoms with Crippen LogP contribution >= 0.6 is 0 Å². The van der Waals surface area contributed by atoms with Crippen molar-refractivity contribution in [1.82, 2.24) is 15.1 Å². The molecule has 3 aliphatic heterocycles. The van der Waals surface area contributed by atoms with Crippen LogP contribution in [0.3, 0.4) is 0 Å². The first-order chi connectivity index (χ1) is 19.2. The average Bonchev–Trinajstić information content (AvgIpc) is 2.93. The lowest BCUT2D eigenvalue weighted by molar-refractivity contribution is -0.262. The second-order valence-corrected chi connectivity index (χ2v) is 14.0. The largest absolute Gasteiger partial charge is 0.463 e. The Morgan fingerprint density at radius 1 is 1.07 bits per heavy atom. The van der Waals surface area contributed by atoms with Crippen LogP contribution in [0.5, 0.6) is 0 Å². The van der Waals surface area contributed by atoms with Crippen molar-refractivity contribution in [3.05, 3.63) is 0 Å². The van der Waals surface area contributed by atoms with Gasteiger partial charge in [0.05, 0.1) is 17.8 Å². The summed E-state index contributed by atoms with van der Waals surface area (Å²) in [5, 5.41) is 3.72. The third-order valence-electron chi connectivity index (χ3n) is 10.1. The number of likely N-dealkylation sites (tertiary alicyclic amines) is 1. The Kier molecular flexibility index (Phi) is 12.2. The van der Waals surface area contributed by atoms with Gasteiger partial charge in [-0.05, 0) is 113 Å². The number of Topliss-reactive ketones (excluding diaryl/α,β-unsaturated/α-hetero) is 1. The minimum absolute atomic E-state index is 0.0377. The summed E-state index contributed by atoms with van der Waals surface area (Å²) in [4.78, 5) is 32.2. The first kappa shape index (κ1) is 34.4. The third kappa shape index (κ3) is 8.51. The van der Waals surface area contributed by atoms with Crippen LogP contribution in [0.2, 0.25) is 0 Å². The van der Waals surface area contributed by atoms with E-state index in [0.717, 1.165) is 45.3 Å². The monoisotopic (exact) mass is 581 g/mol. The summed E-state index contributed by atoms with van der Waals surface area (Å²) in [5.41, 5.74) is -2.07. The summed E-state index contributed by atoms with van der Waals surface area (Å²) in [6.07, 6.45) is 4.27. The van der Waals surface area contributed by atoms with Crippen LogP contribution in [0.1, 0.15) is 87.0 Å². The van der Waals surface area contributed by atoms with Crippen molar-refractivity contribution in [2.75, 3.05) is 47.4 Å². The van der Waals surface area contributed by atoms with Crippen LogP contribution in [-0.4, -0.2) is 111 Å². The zero-order valence-electron chi connectivity index (χ0n) is 27.5. The van der Waals surface area contributed by atoms with E-state index in [1.807, 2.05) is 13.8 Å². The van der Waals surface area contributed by atoms with E-state index < -0.39 is 35.3 Å². The summed E-state index contributed by atoms with van der Waals surface area (Å²) in [6, 6.07) is 0.907. The number of nitrogens with zero attached hydrogens (tertiary/aromatic N) is 2. The zero-order chi connectivity index (χ0) is 30.5. The third-order valence-corrected chi connectivity index (χ3v) is 10.1. The van der Waals surface area contributed by atoms with Gasteiger partial charge in [0.15, 0.2) is 12.1 Å². The molecule has 0 aromatic heterocycles. The molecule has 9 heteroatoms. The maximum absolute atomic E-state index is 14.0. The maximum atomic E-state index is 14.0. The van der Waals surface area contributed by atoms with Crippen LogP contribution in [-0.2, 0) is 28.5 Å². The van der Waals surface area contributed by atoms with Crippen LogP contribution in [0.15, 0.2) is 0 Å². The van der Waals surface area contributed by atoms with E-state index in [2.05, 4.69) is 50.0 Å². The lowest BCUT2D eigenvalue weighted by Crippen LogP contribution is -2.55. The molecule has 41 heavy (non-hydrogen) atoms. The van der Waals surface area contributed by atoms with Gasteiger partial charge in [0.1, 0.15) is 12.0 Å². The molecule has 0 bridgehead atoms. The zero-order valence-corrected chi connectivity index (χ0v) is 27.5. The van der Waals surface area contributed by atoms with E-state index >= 15 is 0 Å². The molecule has 2 unspecified atom stereocenters. The van der Waals surface area contributed by atoms with Gasteiger partial charge >= 0.3 is 5.97 Å². The van der Waals surface area contributed by atoms with Gasteiger partial charge in [-0.1, -0.05) is 6.92 Å². The molecular weight excluding hydrogens is 522 g/mol. The lowest BCUT2D eigenvalue weighted by Gasteiger charge is -2.44. The second-order valence-electron chi connectivity index (χ2n) is 14.0. The van der Waals surface area contributed by atoms with Crippen LogP contribution in [0.4, 0.5) is 0 Å². The van der Waals surface area contributed by atoms with E-state index in [4.69, 9.17) is 18.9 Å². The molecular formula is C32H59N3O6. The van der Waals surface area contributed by atoms with Crippen molar-refractivity contribution in [2.45, 2.75) is 129 Å². The fraction of sp³-hybridized carbons (Fsp3) is 0.938. The van der Waals surface area contributed by atoms with Gasteiger partial charge < -0.3 is 34.1 Å². The molecule has 0 saturated carbocycles. The lowest BCUT2D eigenvalue weighted by atomic mass is 9.75. The molecule has 0 spiro atoms. The number of piperidine rings is 1. The van der Waals surface area contributed by atoms with Gasteiger partial charge in [-0.15, -0.1) is 0 Å². The summed E-state index contributed by atoms with van der Waals surface area (Å²) >= 11 is 0. The van der Waals surface area contributed by atoms with Gasteiger partial charge in [-0.25, -0.2) is 0 Å². The van der Waals surface area contributed by atoms with E-state index in [1.54, 1.807) is 21.0 Å². The highest BCUT2D eigenvalue weighted by atomic mass is 16.7. The van der Waals surface area contributed by atoms with Gasteiger partial charge in [0.25, 0.3) is 0 Å². The number of methoxy groups -OCH3 is 1. The summed E-state index contributed by atoms with van der Waals surface area (Å²) in [7, 11) is 5.84. The molecule has 3 rings (SSSR count). The number of ether oxygens (including phenoxy) is 4. The molecule has 3 saturated heterocycles. The number of ketones is 1. The highest BCUT2D eigenvalue weighted by Crippen LogP contribution is 2.37. The van der Waals surface area contributed by atoms with Gasteiger partial charge in [0, 0.05) is 37.6 Å². The molecule has 238 valence electrons. The molecule has 3 aliphatic rings. The van der Waals surface area contributed by atoms with E-state index in [-0.39, 0.29) is 24.5 Å². The Bertz CT molecular complexity index is 858. The molecule has 1 N–H and O–H groups in total. The highest BCUT2D eigenvalue weighted by molar-refractivity contribution is 6.04. The minimum atomic E-state index is -1.32.